The van der Waals surface area contributed by atoms with Crippen LogP contribution in [0.4, 0.5) is 0 Å². The van der Waals surface area contributed by atoms with Crippen LogP contribution in [0.2, 0.25) is 0 Å². The molecule has 0 aliphatic carbocycles. The fourth-order valence-corrected chi connectivity index (χ4v) is 2.32. The molecule has 0 saturated carbocycles. The van der Waals surface area contributed by atoms with E-state index in [1.54, 1.807) is 17.6 Å². The highest BCUT2D eigenvalue weighted by Crippen LogP contribution is 2.14. The largest absolute Gasteiger partial charge is 0.311 e. The second-order valence-corrected chi connectivity index (χ2v) is 6.27. The van der Waals surface area contributed by atoms with Gasteiger partial charge in [0.05, 0.1) is 0 Å². The maximum absolute atomic E-state index is 11.1. The summed E-state index contributed by atoms with van der Waals surface area (Å²) in [7, 11) is -0.723. The van der Waals surface area contributed by atoms with E-state index in [1.807, 2.05) is 6.92 Å². The smallest absolute Gasteiger partial charge is 0.0441 e. The van der Waals surface area contributed by atoms with Gasteiger partial charge in [0.25, 0.3) is 0 Å². The van der Waals surface area contributed by atoms with Gasteiger partial charge in [-0.05, 0) is 30.9 Å². The Balaban J connectivity index is 2.29. The Hall–Kier alpha value is -0.190. The molecule has 0 bridgehead atoms. The Kier molecular flexibility index (Phi) is 4.78. The lowest BCUT2D eigenvalue weighted by molar-refractivity contribution is 0.649. The molecule has 2 nitrogen and oxygen atoms in total. The minimum absolute atomic E-state index is 0.232. The van der Waals surface area contributed by atoms with Crippen LogP contribution in [0.25, 0.3) is 0 Å². The molecule has 1 aromatic rings. The molecular weight excluding hydrogens is 214 g/mol. The average molecular weight is 231 g/mol. The van der Waals surface area contributed by atoms with E-state index in [1.165, 1.54) is 10.4 Å². The predicted octanol–water partition coefficient (Wildman–Crippen LogP) is 1.91. The van der Waals surface area contributed by atoms with Crippen molar-refractivity contribution in [2.24, 2.45) is 0 Å². The number of aryl methyl sites for hydroxylation is 1. The highest BCUT2D eigenvalue weighted by Gasteiger charge is 2.05. The Morgan fingerprint density at radius 1 is 1.64 bits per heavy atom. The predicted molar refractivity (Wildman–Crippen MR) is 64.3 cm³/mol. The molecule has 0 saturated heterocycles. The Morgan fingerprint density at radius 3 is 2.86 bits per heavy atom. The highest BCUT2D eigenvalue weighted by atomic mass is 32.2. The van der Waals surface area contributed by atoms with Crippen LogP contribution in [0.5, 0.6) is 0 Å². The molecule has 0 fully saturated rings. The van der Waals surface area contributed by atoms with Crippen molar-refractivity contribution in [3.05, 3.63) is 21.9 Å². The molecule has 4 heteroatoms. The van der Waals surface area contributed by atoms with Gasteiger partial charge in [-0.2, -0.15) is 0 Å². The van der Waals surface area contributed by atoms with Gasteiger partial charge in [-0.15, -0.1) is 11.3 Å². The van der Waals surface area contributed by atoms with Gasteiger partial charge in [0.15, 0.2) is 0 Å². The van der Waals surface area contributed by atoms with Crippen molar-refractivity contribution in [2.45, 2.75) is 25.6 Å². The maximum atomic E-state index is 11.1. The molecule has 0 aliphatic heterocycles. The molecule has 2 unspecified atom stereocenters. The van der Waals surface area contributed by atoms with Crippen molar-refractivity contribution in [3.8, 4) is 0 Å². The van der Waals surface area contributed by atoms with Crippen molar-refractivity contribution in [3.63, 3.8) is 0 Å². The monoisotopic (exact) mass is 231 g/mol. The first kappa shape index (κ1) is 11.9. The number of hydrogen-bond acceptors (Lipinski definition) is 3. The number of nitrogens with one attached hydrogen (secondary N) is 1. The molecule has 0 spiro atoms. The van der Waals surface area contributed by atoms with Gasteiger partial charge in [-0.1, -0.05) is 0 Å². The van der Waals surface area contributed by atoms with E-state index in [0.717, 1.165) is 13.1 Å². The zero-order valence-corrected chi connectivity index (χ0v) is 10.5. The summed E-state index contributed by atoms with van der Waals surface area (Å²) in [5, 5.41) is 5.66. The molecule has 2 atom stereocenters. The first-order valence-corrected chi connectivity index (χ1v) is 7.17. The number of rotatable bonds is 5. The van der Waals surface area contributed by atoms with Crippen molar-refractivity contribution in [1.29, 1.82) is 0 Å². The van der Waals surface area contributed by atoms with E-state index in [9.17, 15) is 4.21 Å². The molecule has 1 aromatic heterocycles. The zero-order valence-electron chi connectivity index (χ0n) is 8.87. The van der Waals surface area contributed by atoms with Crippen LogP contribution in [-0.4, -0.2) is 22.3 Å². The molecule has 1 heterocycles. The third-order valence-electron chi connectivity index (χ3n) is 2.25. The van der Waals surface area contributed by atoms with E-state index < -0.39 is 10.8 Å². The topological polar surface area (TPSA) is 29.1 Å². The van der Waals surface area contributed by atoms with Gasteiger partial charge in [0.2, 0.25) is 0 Å². The Labute approximate surface area is 92.2 Å². The quantitative estimate of drug-likeness (QED) is 0.839. The van der Waals surface area contributed by atoms with E-state index in [0.29, 0.717) is 0 Å². The summed E-state index contributed by atoms with van der Waals surface area (Å²) in [5.41, 5.74) is 1.34. The van der Waals surface area contributed by atoms with Crippen LogP contribution in [-0.2, 0) is 17.3 Å². The van der Waals surface area contributed by atoms with Crippen LogP contribution in [0.15, 0.2) is 11.4 Å². The number of hydrogen-bond donors (Lipinski definition) is 1. The van der Waals surface area contributed by atoms with Crippen LogP contribution in [0.1, 0.15) is 17.4 Å². The Morgan fingerprint density at radius 2 is 2.36 bits per heavy atom. The molecule has 0 radical (unpaired) electrons. The molecule has 14 heavy (non-hydrogen) atoms. The minimum atomic E-state index is -0.723. The Bertz CT molecular complexity index is 309. The van der Waals surface area contributed by atoms with Gasteiger partial charge in [-0.25, -0.2) is 0 Å². The first-order chi connectivity index (χ1) is 6.61. The van der Waals surface area contributed by atoms with Crippen molar-refractivity contribution < 1.29 is 4.21 Å². The lowest BCUT2D eigenvalue weighted by Gasteiger charge is -2.09. The van der Waals surface area contributed by atoms with Gasteiger partial charge >= 0.3 is 0 Å². The summed E-state index contributed by atoms with van der Waals surface area (Å²) in [6, 6.07) is 2.13. The van der Waals surface area contributed by atoms with Crippen LogP contribution in [0, 0.1) is 6.92 Å². The minimum Gasteiger partial charge on any atom is -0.311 e. The summed E-state index contributed by atoms with van der Waals surface area (Å²) >= 11 is 1.77. The van der Waals surface area contributed by atoms with Gasteiger partial charge < -0.3 is 5.32 Å². The SMILES string of the molecule is Cc1ccsc1CNCC(C)S(C)=O. The van der Waals surface area contributed by atoms with Gasteiger partial charge in [0.1, 0.15) is 0 Å². The standard InChI is InChI=1S/C10H17NOS2/c1-8-4-5-13-10(8)7-11-6-9(2)14(3)12/h4-5,9,11H,6-7H2,1-3H3. The van der Waals surface area contributed by atoms with E-state index >= 15 is 0 Å². The first-order valence-electron chi connectivity index (χ1n) is 4.67. The molecule has 0 amide bonds. The summed E-state index contributed by atoms with van der Waals surface area (Å²) < 4.78 is 11.1. The van der Waals surface area contributed by atoms with Gasteiger partial charge in [-0.3, -0.25) is 4.21 Å². The lowest BCUT2D eigenvalue weighted by atomic mass is 10.3. The third kappa shape index (κ3) is 3.52. The van der Waals surface area contributed by atoms with E-state index in [-0.39, 0.29) is 5.25 Å². The summed E-state index contributed by atoms with van der Waals surface area (Å²) in [4.78, 5) is 1.37. The molecule has 80 valence electrons. The van der Waals surface area contributed by atoms with Crippen LogP contribution < -0.4 is 5.32 Å². The molecule has 1 N–H and O–H groups in total. The molecular formula is C10H17NOS2. The lowest BCUT2D eigenvalue weighted by Crippen LogP contribution is -2.27. The average Bonchev–Trinajstić information content (AvgIpc) is 2.51. The van der Waals surface area contributed by atoms with Crippen molar-refractivity contribution in [2.75, 3.05) is 12.8 Å². The van der Waals surface area contributed by atoms with Crippen molar-refractivity contribution >= 4 is 22.1 Å². The third-order valence-corrected chi connectivity index (χ3v) is 4.58. The van der Waals surface area contributed by atoms with Crippen molar-refractivity contribution in [1.82, 2.24) is 5.32 Å². The van der Waals surface area contributed by atoms with E-state index in [2.05, 4.69) is 23.7 Å². The van der Waals surface area contributed by atoms with Crippen LogP contribution >= 0.6 is 11.3 Å². The van der Waals surface area contributed by atoms with Crippen LogP contribution in [0.3, 0.4) is 0 Å². The molecule has 0 aliphatic rings. The fourth-order valence-electron chi connectivity index (χ4n) is 1.09. The fraction of sp³-hybridized carbons (Fsp3) is 0.600. The second-order valence-electron chi connectivity index (χ2n) is 3.47. The summed E-state index contributed by atoms with van der Waals surface area (Å²) in [5.74, 6) is 0. The maximum Gasteiger partial charge on any atom is 0.0441 e. The molecule has 1 rings (SSSR count). The van der Waals surface area contributed by atoms with E-state index in [4.69, 9.17) is 0 Å². The summed E-state index contributed by atoms with van der Waals surface area (Å²) in [6.07, 6.45) is 1.75. The second kappa shape index (κ2) is 5.63. The van der Waals surface area contributed by atoms with Gasteiger partial charge in [0, 0.05) is 40.3 Å². The molecule has 0 aromatic carbocycles. The zero-order chi connectivity index (χ0) is 10.6. The number of thiophene rings is 1. The summed E-state index contributed by atoms with van der Waals surface area (Å²) in [6.45, 7) is 5.84. The normalized spacial score (nSPS) is 15.4. The highest BCUT2D eigenvalue weighted by molar-refractivity contribution is 7.84.